The summed E-state index contributed by atoms with van der Waals surface area (Å²) in [5.74, 6) is -1.59. The molecule has 5 unspecified atom stereocenters. The number of carbonyl (C=O) groups is 3. The minimum Gasteiger partial charge on any atom is -0.463 e. The largest absolute Gasteiger partial charge is 0.472 e. The Balaban J connectivity index is 4.50. The van der Waals surface area contributed by atoms with Gasteiger partial charge in [-0.3, -0.25) is 32.5 Å². The number of allylic oxidation sites excluding steroid dienone is 30. The molecule has 0 aliphatic carbocycles. The van der Waals surface area contributed by atoms with Crippen molar-refractivity contribution in [1.29, 1.82) is 0 Å². The zero-order chi connectivity index (χ0) is 85.1. The van der Waals surface area contributed by atoms with Gasteiger partial charge in [0, 0.05) is 19.3 Å². The molecule has 0 spiro atoms. The van der Waals surface area contributed by atoms with E-state index in [1.54, 1.807) is 0 Å². The van der Waals surface area contributed by atoms with E-state index in [-0.39, 0.29) is 19.3 Å². The Kier molecular flexibility index (Phi) is 85.8. The van der Waals surface area contributed by atoms with E-state index < -0.39 is 91.5 Å². The molecule has 0 amide bonds. The van der Waals surface area contributed by atoms with Gasteiger partial charge >= 0.3 is 33.6 Å². The van der Waals surface area contributed by atoms with E-state index in [2.05, 4.69) is 203 Å². The number of unbranched alkanes of at least 4 members (excludes halogenated alkanes) is 33. The zero-order valence-electron chi connectivity index (χ0n) is 73.6. The van der Waals surface area contributed by atoms with Crippen LogP contribution in [0.4, 0.5) is 0 Å². The van der Waals surface area contributed by atoms with Gasteiger partial charge in [-0.25, -0.2) is 9.13 Å². The maximum atomic E-state index is 13.0. The van der Waals surface area contributed by atoms with Crippen LogP contribution in [0.5, 0.6) is 0 Å². The van der Waals surface area contributed by atoms with Crippen molar-refractivity contribution in [3.05, 3.63) is 182 Å². The van der Waals surface area contributed by atoms with Gasteiger partial charge in [0.25, 0.3) is 0 Å². The fourth-order valence-electron chi connectivity index (χ4n) is 12.2. The Morgan fingerprint density at radius 3 is 0.675 bits per heavy atom. The van der Waals surface area contributed by atoms with Crippen molar-refractivity contribution in [2.75, 3.05) is 39.6 Å². The Labute approximate surface area is 713 Å². The molecule has 0 rings (SSSR count). The van der Waals surface area contributed by atoms with Crippen LogP contribution < -0.4 is 0 Å². The molecule has 16 nitrogen and oxygen atoms in total. The molecule has 0 aromatic heterocycles. The first-order valence-corrected chi connectivity index (χ1v) is 49.1. The molecule has 0 bridgehead atoms. The van der Waals surface area contributed by atoms with Gasteiger partial charge in [0.15, 0.2) is 6.10 Å². The van der Waals surface area contributed by atoms with Gasteiger partial charge in [-0.1, -0.05) is 376 Å². The van der Waals surface area contributed by atoms with Gasteiger partial charge in [-0.05, 0) is 154 Å². The van der Waals surface area contributed by atoms with Crippen molar-refractivity contribution in [3.63, 3.8) is 0 Å². The summed E-state index contributed by atoms with van der Waals surface area (Å²) in [6.07, 6.45) is 118. The fourth-order valence-corrected chi connectivity index (χ4v) is 13.8. The van der Waals surface area contributed by atoms with Crippen LogP contribution >= 0.6 is 15.6 Å². The van der Waals surface area contributed by atoms with Crippen molar-refractivity contribution in [1.82, 2.24) is 0 Å². The molecule has 0 saturated carbocycles. The molecule has 5 atom stereocenters. The lowest BCUT2D eigenvalue weighted by atomic mass is 10.0. The second-order valence-electron chi connectivity index (χ2n) is 30.3. The molecule has 668 valence electrons. The maximum absolute atomic E-state index is 13.0. The van der Waals surface area contributed by atoms with Crippen LogP contribution in [0.3, 0.4) is 0 Å². The molecule has 0 aliphatic heterocycles. The zero-order valence-corrected chi connectivity index (χ0v) is 75.4. The van der Waals surface area contributed by atoms with Crippen LogP contribution in [0.1, 0.15) is 367 Å². The predicted molar refractivity (Wildman–Crippen MR) is 491 cm³/mol. The van der Waals surface area contributed by atoms with Crippen molar-refractivity contribution < 1.29 is 75.8 Å². The van der Waals surface area contributed by atoms with Crippen LogP contribution in [0.2, 0.25) is 0 Å². The lowest BCUT2D eigenvalue weighted by molar-refractivity contribution is -0.161. The molecule has 0 fully saturated rings. The molecule has 0 aliphatic rings. The molecule has 0 heterocycles. The molecular formula is C99H166O16P2. The second kappa shape index (κ2) is 89.9. The van der Waals surface area contributed by atoms with Crippen molar-refractivity contribution in [2.24, 2.45) is 0 Å². The standard InChI is InChI=1S/C99H166O16P2/c1-4-7-10-13-16-19-22-25-28-31-33-35-37-39-41-43-44-45-46-47-48-50-52-53-55-57-59-62-64-67-70-73-76-79-82-85-97(102)109-88-94(100)89-111-116(105,106)112-90-95(101)91-113-117(107,108)114-93-96(115-99(104)87-84-81-78-75-72-69-66-61-30-27-24-21-18-15-12-9-6-3)92-110-98(103)86-83-80-77-74-71-68-65-63-60-58-56-54-51-49-42-40-38-36-34-32-29-26-23-20-17-14-11-8-5-2/h7-12,16-21,25-30,33-36,39-42,44-45,51,54,94-96,100-101H,4-6,13-15,22-24,31-32,37-38,43,46-50,52-53,55-93H2,1-3H3,(H,105,106)(H,107,108)/b10-7-,11-8-,12-9-,19-16-,20-17-,21-18-,28-25-,29-26-,30-27-,35-33-,36-34-,41-39-,42-40-,45-44-,54-51-. The second-order valence-corrected chi connectivity index (χ2v) is 33.2. The average molecular weight is 1670 g/mol. The first kappa shape index (κ1) is 112. The Morgan fingerprint density at radius 2 is 0.427 bits per heavy atom. The summed E-state index contributed by atoms with van der Waals surface area (Å²) in [6.45, 7) is 2.36. The van der Waals surface area contributed by atoms with Crippen LogP contribution in [-0.2, 0) is 55.8 Å². The number of ether oxygens (including phenoxy) is 3. The third kappa shape index (κ3) is 91.2. The predicted octanol–water partition coefficient (Wildman–Crippen LogP) is 28.4. The van der Waals surface area contributed by atoms with Gasteiger partial charge < -0.3 is 34.2 Å². The minimum absolute atomic E-state index is 0.0881. The number of rotatable bonds is 86. The summed E-state index contributed by atoms with van der Waals surface area (Å²) < 4.78 is 61.4. The summed E-state index contributed by atoms with van der Waals surface area (Å²) in [5, 5.41) is 20.7. The van der Waals surface area contributed by atoms with Gasteiger partial charge in [-0.2, -0.15) is 0 Å². The molecular weight excluding hydrogens is 1510 g/mol. The number of aliphatic hydroxyl groups excluding tert-OH is 2. The van der Waals surface area contributed by atoms with Gasteiger partial charge in [0.2, 0.25) is 0 Å². The van der Waals surface area contributed by atoms with E-state index in [0.29, 0.717) is 19.3 Å². The van der Waals surface area contributed by atoms with E-state index in [1.807, 2.05) is 0 Å². The Hall–Kier alpha value is -5.35. The van der Waals surface area contributed by atoms with Gasteiger partial charge in [-0.15, -0.1) is 0 Å². The SMILES string of the molecule is CC/C=C\C/C=C\C/C=C\C/C=C\C/C=C\C/C=C\CCCCCCCCCCCCCCCCCCC(=O)OCC(O)COP(=O)(O)OCC(O)COP(=O)(O)OCC(COC(=O)CCCCCCCCCCCC/C=C\C/C=C\C/C=C\C/C=C\C/C=C\C/C=C\CC)OC(=O)CCCCCCCCC/C=C\C/C=C\C/C=C\CC. The first-order chi connectivity index (χ1) is 57.2. The van der Waals surface area contributed by atoms with Crippen LogP contribution in [-0.4, -0.2) is 95.9 Å². The number of aliphatic hydroxyl groups is 2. The van der Waals surface area contributed by atoms with Crippen LogP contribution in [0.15, 0.2) is 182 Å². The number of carbonyl (C=O) groups excluding carboxylic acids is 3. The average Bonchev–Trinajstić information content (AvgIpc) is 0.901. The molecule has 4 N–H and O–H groups in total. The van der Waals surface area contributed by atoms with Crippen molar-refractivity contribution in [2.45, 2.75) is 386 Å². The third-order valence-electron chi connectivity index (χ3n) is 19.1. The lowest BCUT2D eigenvalue weighted by Crippen LogP contribution is -2.30. The van der Waals surface area contributed by atoms with Crippen LogP contribution in [0.25, 0.3) is 0 Å². The number of hydrogen-bond donors (Lipinski definition) is 4. The normalized spacial score (nSPS) is 14.6. The summed E-state index contributed by atoms with van der Waals surface area (Å²) in [5.41, 5.74) is 0. The third-order valence-corrected chi connectivity index (χ3v) is 21.0. The van der Waals surface area contributed by atoms with Crippen molar-refractivity contribution >= 4 is 33.6 Å². The number of phosphoric acid groups is 2. The number of hydrogen-bond acceptors (Lipinski definition) is 14. The summed E-state index contributed by atoms with van der Waals surface area (Å²) in [6, 6.07) is 0. The van der Waals surface area contributed by atoms with E-state index >= 15 is 0 Å². The molecule has 0 saturated heterocycles. The summed E-state index contributed by atoms with van der Waals surface area (Å²) in [4.78, 5) is 59.0. The van der Waals surface area contributed by atoms with Crippen molar-refractivity contribution in [3.8, 4) is 0 Å². The highest BCUT2D eigenvalue weighted by Gasteiger charge is 2.29. The van der Waals surface area contributed by atoms with Gasteiger partial charge in [0.1, 0.15) is 25.4 Å². The number of esters is 3. The molecule has 117 heavy (non-hydrogen) atoms. The quantitative estimate of drug-likeness (QED) is 0.0146. The smallest absolute Gasteiger partial charge is 0.463 e. The molecule has 0 aromatic carbocycles. The highest BCUT2D eigenvalue weighted by Crippen LogP contribution is 2.45. The van der Waals surface area contributed by atoms with E-state index in [1.165, 1.54) is 116 Å². The first-order valence-electron chi connectivity index (χ1n) is 46.1. The maximum Gasteiger partial charge on any atom is 0.472 e. The Bertz CT molecular complexity index is 2860. The van der Waals surface area contributed by atoms with Crippen LogP contribution in [0, 0.1) is 0 Å². The van der Waals surface area contributed by atoms with Gasteiger partial charge in [0.05, 0.1) is 26.4 Å². The monoisotopic (exact) mass is 1670 g/mol. The molecule has 18 heteroatoms. The topological polar surface area (TPSA) is 231 Å². The Morgan fingerprint density at radius 1 is 0.239 bits per heavy atom. The summed E-state index contributed by atoms with van der Waals surface area (Å²) >= 11 is 0. The number of phosphoric ester groups is 2. The van der Waals surface area contributed by atoms with E-state index in [4.69, 9.17) is 32.3 Å². The van der Waals surface area contributed by atoms with E-state index in [0.717, 1.165) is 193 Å². The highest BCUT2D eigenvalue weighted by molar-refractivity contribution is 7.47. The molecule has 0 radical (unpaired) electrons. The lowest BCUT2D eigenvalue weighted by Gasteiger charge is -2.21. The minimum atomic E-state index is -4.95. The fraction of sp³-hybridized carbons (Fsp3) is 0.667. The highest BCUT2D eigenvalue weighted by atomic mass is 31.2. The summed E-state index contributed by atoms with van der Waals surface area (Å²) in [7, 11) is -9.81. The molecule has 0 aromatic rings. The van der Waals surface area contributed by atoms with E-state index in [9.17, 15) is 43.5 Å².